The molecule has 0 saturated heterocycles. The Balaban J connectivity index is 2.23. The molecule has 0 spiro atoms. The molecule has 1 aromatic rings. The van der Waals surface area contributed by atoms with Gasteiger partial charge in [-0.2, -0.15) is 0 Å². The Morgan fingerprint density at radius 2 is 2.45 bits per heavy atom. The first-order chi connectivity index (χ1) is 5.34. The van der Waals surface area contributed by atoms with E-state index < -0.39 is 0 Å². The maximum Gasteiger partial charge on any atom is 0.0157 e. The predicted octanol–water partition coefficient (Wildman–Crippen LogP) is 3.19. The highest BCUT2D eigenvalue weighted by Crippen LogP contribution is 2.54. The lowest BCUT2D eigenvalue weighted by Crippen LogP contribution is -1.84. The smallest absolute Gasteiger partial charge is 0.0157 e. The molecule has 2 aliphatic rings. The van der Waals surface area contributed by atoms with Gasteiger partial charge in [-0.1, -0.05) is 12.2 Å². The highest BCUT2D eigenvalue weighted by Gasteiger charge is 2.40. The molecule has 0 aromatic carbocycles. The second kappa shape index (κ2) is 1.78. The van der Waals surface area contributed by atoms with Gasteiger partial charge >= 0.3 is 0 Å². The van der Waals surface area contributed by atoms with Gasteiger partial charge in [0, 0.05) is 15.7 Å². The van der Waals surface area contributed by atoms with E-state index in [4.69, 9.17) is 0 Å². The predicted molar refractivity (Wildman–Crippen MR) is 48.9 cm³/mol. The molecule has 1 fully saturated rings. The maximum atomic E-state index is 2.37. The van der Waals surface area contributed by atoms with Crippen molar-refractivity contribution in [3.63, 3.8) is 0 Å². The van der Waals surface area contributed by atoms with E-state index >= 15 is 0 Å². The third-order valence-corrected chi connectivity index (χ3v) is 3.81. The zero-order chi connectivity index (χ0) is 7.42. The van der Waals surface area contributed by atoms with Crippen molar-refractivity contribution in [2.24, 2.45) is 5.92 Å². The number of allylic oxidation sites excluding steroid dienone is 1. The molecule has 56 valence electrons. The van der Waals surface area contributed by atoms with E-state index in [1.54, 1.807) is 4.88 Å². The van der Waals surface area contributed by atoms with Crippen LogP contribution in [0.15, 0.2) is 12.1 Å². The molecule has 0 aliphatic heterocycles. The highest BCUT2D eigenvalue weighted by atomic mass is 32.1. The summed E-state index contributed by atoms with van der Waals surface area (Å²) in [4.78, 5) is 3.11. The van der Waals surface area contributed by atoms with Crippen molar-refractivity contribution >= 4 is 17.4 Å². The van der Waals surface area contributed by atoms with Gasteiger partial charge in [-0.15, -0.1) is 11.3 Å². The van der Waals surface area contributed by atoms with Crippen molar-refractivity contribution in [2.45, 2.75) is 19.3 Å². The van der Waals surface area contributed by atoms with Gasteiger partial charge in [0.05, 0.1) is 0 Å². The SMILES string of the molecule is Cc1cc2c(s1)C1CC1C=C2. The standard InChI is InChI=1S/C10H10S/c1-6-4-8-3-2-7-5-9(7)10(8)11-6/h2-4,7,9H,5H2,1H3. The highest BCUT2D eigenvalue weighted by molar-refractivity contribution is 7.12. The van der Waals surface area contributed by atoms with E-state index in [1.165, 1.54) is 16.9 Å². The molecule has 1 heteroatoms. The van der Waals surface area contributed by atoms with Gasteiger partial charge in [-0.25, -0.2) is 0 Å². The Hall–Kier alpha value is -0.560. The molecule has 1 saturated carbocycles. The molecule has 0 bridgehead atoms. The molecule has 1 aromatic heterocycles. The van der Waals surface area contributed by atoms with Gasteiger partial charge in [0.1, 0.15) is 0 Å². The summed E-state index contributed by atoms with van der Waals surface area (Å²) < 4.78 is 0. The molecular formula is C10H10S. The minimum absolute atomic E-state index is 0.903. The normalized spacial score (nSPS) is 31.4. The summed E-state index contributed by atoms with van der Waals surface area (Å²) >= 11 is 1.99. The lowest BCUT2D eigenvalue weighted by Gasteiger charge is -2.00. The number of rotatable bonds is 0. The molecular weight excluding hydrogens is 152 g/mol. The Morgan fingerprint density at radius 1 is 1.55 bits per heavy atom. The number of hydrogen-bond donors (Lipinski definition) is 0. The van der Waals surface area contributed by atoms with Crippen LogP contribution in [0.5, 0.6) is 0 Å². The van der Waals surface area contributed by atoms with Gasteiger partial charge < -0.3 is 0 Å². The molecule has 2 atom stereocenters. The number of thiophene rings is 1. The van der Waals surface area contributed by atoms with Crippen LogP contribution >= 0.6 is 11.3 Å². The molecule has 2 aliphatic carbocycles. The monoisotopic (exact) mass is 162 g/mol. The topological polar surface area (TPSA) is 0 Å². The van der Waals surface area contributed by atoms with Crippen LogP contribution in [0, 0.1) is 12.8 Å². The maximum absolute atomic E-state index is 2.37. The van der Waals surface area contributed by atoms with Crippen molar-refractivity contribution in [1.29, 1.82) is 0 Å². The van der Waals surface area contributed by atoms with Gasteiger partial charge in [-0.3, -0.25) is 0 Å². The average Bonchev–Trinajstić information content (AvgIpc) is 2.67. The third kappa shape index (κ3) is 0.747. The van der Waals surface area contributed by atoms with Crippen LogP contribution in [0.3, 0.4) is 0 Å². The van der Waals surface area contributed by atoms with Crippen LogP contribution in [0.25, 0.3) is 6.08 Å². The minimum atomic E-state index is 0.903. The van der Waals surface area contributed by atoms with E-state index in [1.807, 2.05) is 11.3 Å². The Kier molecular flexibility index (Phi) is 0.972. The molecule has 3 rings (SSSR count). The molecule has 0 amide bonds. The summed E-state index contributed by atoms with van der Waals surface area (Å²) in [5.41, 5.74) is 1.49. The summed E-state index contributed by atoms with van der Waals surface area (Å²) in [5.74, 6) is 1.81. The number of fused-ring (bicyclic) bond motifs is 3. The fraction of sp³-hybridized carbons (Fsp3) is 0.400. The second-order valence-electron chi connectivity index (χ2n) is 3.54. The van der Waals surface area contributed by atoms with Crippen LogP contribution < -0.4 is 0 Å². The van der Waals surface area contributed by atoms with Crippen LogP contribution in [-0.2, 0) is 0 Å². The summed E-state index contributed by atoms with van der Waals surface area (Å²) in [6.45, 7) is 2.20. The van der Waals surface area contributed by atoms with Crippen LogP contribution in [-0.4, -0.2) is 0 Å². The van der Waals surface area contributed by atoms with Gasteiger partial charge in [0.2, 0.25) is 0 Å². The third-order valence-electron chi connectivity index (χ3n) is 2.61. The second-order valence-corrected chi connectivity index (χ2v) is 4.83. The molecule has 0 N–H and O–H groups in total. The van der Waals surface area contributed by atoms with Crippen molar-refractivity contribution in [3.8, 4) is 0 Å². The molecule has 1 heterocycles. The van der Waals surface area contributed by atoms with Crippen LogP contribution in [0.4, 0.5) is 0 Å². The number of aryl methyl sites for hydroxylation is 1. The zero-order valence-electron chi connectivity index (χ0n) is 6.50. The molecule has 11 heavy (non-hydrogen) atoms. The molecule has 0 radical (unpaired) electrons. The Labute approximate surface area is 70.6 Å². The van der Waals surface area contributed by atoms with Gasteiger partial charge in [0.25, 0.3) is 0 Å². The lowest BCUT2D eigenvalue weighted by atomic mass is 10.1. The van der Waals surface area contributed by atoms with Gasteiger partial charge in [-0.05, 0) is 30.9 Å². The largest absolute Gasteiger partial charge is 0.145 e. The summed E-state index contributed by atoms with van der Waals surface area (Å²) in [6.07, 6.45) is 6.08. The first kappa shape index (κ1) is 6.01. The summed E-state index contributed by atoms with van der Waals surface area (Å²) in [5, 5.41) is 0. The lowest BCUT2D eigenvalue weighted by molar-refractivity contribution is 1.02. The fourth-order valence-corrected chi connectivity index (χ4v) is 3.13. The van der Waals surface area contributed by atoms with Crippen LogP contribution in [0.2, 0.25) is 0 Å². The fourth-order valence-electron chi connectivity index (χ4n) is 1.93. The van der Waals surface area contributed by atoms with E-state index in [2.05, 4.69) is 25.1 Å². The van der Waals surface area contributed by atoms with Crippen molar-refractivity contribution in [2.75, 3.05) is 0 Å². The van der Waals surface area contributed by atoms with E-state index in [-0.39, 0.29) is 0 Å². The summed E-state index contributed by atoms with van der Waals surface area (Å²) in [6, 6.07) is 2.31. The van der Waals surface area contributed by atoms with Crippen molar-refractivity contribution < 1.29 is 0 Å². The van der Waals surface area contributed by atoms with Crippen molar-refractivity contribution in [3.05, 3.63) is 27.5 Å². The first-order valence-corrected chi connectivity index (χ1v) is 4.95. The molecule has 0 nitrogen and oxygen atoms in total. The summed E-state index contributed by atoms with van der Waals surface area (Å²) in [7, 11) is 0. The van der Waals surface area contributed by atoms with Crippen LogP contribution in [0.1, 0.15) is 27.7 Å². The van der Waals surface area contributed by atoms with E-state index in [9.17, 15) is 0 Å². The van der Waals surface area contributed by atoms with E-state index in [0.29, 0.717) is 0 Å². The zero-order valence-corrected chi connectivity index (χ0v) is 7.32. The average molecular weight is 162 g/mol. The first-order valence-electron chi connectivity index (χ1n) is 4.13. The quantitative estimate of drug-likeness (QED) is 0.549. The Bertz CT molecular complexity index is 333. The number of hydrogen-bond acceptors (Lipinski definition) is 1. The minimum Gasteiger partial charge on any atom is -0.145 e. The molecule has 2 unspecified atom stereocenters. The van der Waals surface area contributed by atoms with Gasteiger partial charge in [0.15, 0.2) is 0 Å². The Morgan fingerprint density at radius 3 is 3.36 bits per heavy atom. The van der Waals surface area contributed by atoms with Crippen molar-refractivity contribution in [1.82, 2.24) is 0 Å². The van der Waals surface area contributed by atoms with E-state index in [0.717, 1.165) is 11.8 Å².